The molecule has 0 radical (unpaired) electrons. The second-order valence-corrected chi connectivity index (χ2v) is 8.76. The predicted octanol–water partition coefficient (Wildman–Crippen LogP) is 6.27. The molecule has 0 spiro atoms. The van der Waals surface area contributed by atoms with Gasteiger partial charge >= 0.3 is 0 Å². The number of nitrogens with zero attached hydrogens (tertiary/aromatic N) is 5. The SMILES string of the molecule is Cc1c(-c2ccc(N=Nc3sc(N)nc3-c3ccccc3)cc2)c(=O)n(-c2ccccc2)n1C. The van der Waals surface area contributed by atoms with E-state index < -0.39 is 0 Å². The molecule has 3 aromatic carbocycles. The minimum Gasteiger partial charge on any atom is -0.375 e. The maximum atomic E-state index is 13.3. The normalized spacial score (nSPS) is 11.4. The maximum Gasteiger partial charge on any atom is 0.279 e. The van der Waals surface area contributed by atoms with Gasteiger partial charge < -0.3 is 5.73 Å². The number of nitrogens with two attached hydrogens (primary N) is 1. The van der Waals surface area contributed by atoms with Crippen LogP contribution in [0.25, 0.3) is 28.1 Å². The molecule has 2 N–H and O–H groups in total. The van der Waals surface area contributed by atoms with E-state index in [9.17, 15) is 4.79 Å². The van der Waals surface area contributed by atoms with Crippen LogP contribution in [0.3, 0.4) is 0 Å². The number of hydrogen-bond donors (Lipinski definition) is 1. The van der Waals surface area contributed by atoms with Crippen molar-refractivity contribution < 1.29 is 0 Å². The highest BCUT2D eigenvalue weighted by Gasteiger charge is 2.17. The van der Waals surface area contributed by atoms with Crippen LogP contribution >= 0.6 is 11.3 Å². The highest BCUT2D eigenvalue weighted by Crippen LogP contribution is 2.37. The Kier molecular flexibility index (Phi) is 5.65. The molecule has 2 aromatic heterocycles. The molecule has 0 saturated carbocycles. The second-order valence-electron chi connectivity index (χ2n) is 7.76. The molecular formula is C26H22N6OS. The van der Waals surface area contributed by atoms with Crippen LogP contribution in [0.1, 0.15) is 5.69 Å². The first-order valence-corrected chi connectivity index (χ1v) is 11.5. The first-order valence-electron chi connectivity index (χ1n) is 10.7. The fourth-order valence-electron chi connectivity index (χ4n) is 3.88. The molecule has 0 aliphatic carbocycles. The van der Waals surface area contributed by atoms with Crippen LogP contribution in [0, 0.1) is 6.92 Å². The predicted molar refractivity (Wildman–Crippen MR) is 137 cm³/mol. The zero-order valence-electron chi connectivity index (χ0n) is 18.7. The van der Waals surface area contributed by atoms with Crippen LogP contribution < -0.4 is 11.3 Å². The van der Waals surface area contributed by atoms with Gasteiger partial charge in [0.05, 0.1) is 16.9 Å². The fourth-order valence-corrected chi connectivity index (χ4v) is 4.56. The van der Waals surface area contributed by atoms with Crippen LogP contribution in [0.5, 0.6) is 0 Å². The van der Waals surface area contributed by atoms with Crippen molar-refractivity contribution >= 4 is 27.2 Å². The van der Waals surface area contributed by atoms with Crippen molar-refractivity contribution in [1.82, 2.24) is 14.3 Å². The second kappa shape index (κ2) is 8.92. The van der Waals surface area contributed by atoms with E-state index >= 15 is 0 Å². The van der Waals surface area contributed by atoms with Crippen molar-refractivity contribution in [3.63, 3.8) is 0 Å². The minimum atomic E-state index is -0.0618. The van der Waals surface area contributed by atoms with E-state index in [1.165, 1.54) is 11.3 Å². The Morgan fingerprint density at radius 2 is 1.50 bits per heavy atom. The zero-order valence-corrected chi connectivity index (χ0v) is 19.5. The van der Waals surface area contributed by atoms with E-state index in [2.05, 4.69) is 15.2 Å². The summed E-state index contributed by atoms with van der Waals surface area (Å²) in [4.78, 5) is 17.7. The molecule has 0 unspecified atom stereocenters. The Balaban J connectivity index is 1.45. The molecule has 0 saturated heterocycles. The highest BCUT2D eigenvalue weighted by molar-refractivity contribution is 7.19. The topological polar surface area (TPSA) is 90.6 Å². The quantitative estimate of drug-likeness (QED) is 0.309. The number of para-hydroxylation sites is 1. The van der Waals surface area contributed by atoms with Gasteiger partial charge in [0.2, 0.25) is 0 Å². The first kappa shape index (κ1) is 21.5. The molecule has 2 heterocycles. The molecule has 0 amide bonds. The van der Waals surface area contributed by atoms with E-state index in [1.807, 2.05) is 104 Å². The summed E-state index contributed by atoms with van der Waals surface area (Å²) in [6, 6.07) is 26.9. The van der Waals surface area contributed by atoms with E-state index in [-0.39, 0.29) is 5.56 Å². The number of rotatable bonds is 5. The van der Waals surface area contributed by atoms with Crippen LogP contribution in [-0.2, 0) is 7.05 Å². The summed E-state index contributed by atoms with van der Waals surface area (Å²) in [5, 5.41) is 9.87. The zero-order chi connectivity index (χ0) is 23.7. The van der Waals surface area contributed by atoms with Crippen molar-refractivity contribution in [2.45, 2.75) is 6.92 Å². The molecule has 0 fully saturated rings. The molecule has 7 nitrogen and oxygen atoms in total. The van der Waals surface area contributed by atoms with Gasteiger partial charge in [0.15, 0.2) is 10.1 Å². The summed E-state index contributed by atoms with van der Waals surface area (Å²) in [5.41, 5.74) is 11.4. The Labute approximate surface area is 200 Å². The molecule has 0 bridgehead atoms. The minimum absolute atomic E-state index is 0.0618. The molecular weight excluding hydrogens is 444 g/mol. The lowest BCUT2D eigenvalue weighted by Crippen LogP contribution is -2.20. The number of azo groups is 1. The van der Waals surface area contributed by atoms with Gasteiger partial charge in [-0.1, -0.05) is 72.0 Å². The molecule has 0 aliphatic rings. The van der Waals surface area contributed by atoms with Crippen LogP contribution in [-0.4, -0.2) is 14.3 Å². The van der Waals surface area contributed by atoms with E-state index in [4.69, 9.17) is 5.73 Å². The molecule has 0 aliphatic heterocycles. The molecule has 34 heavy (non-hydrogen) atoms. The van der Waals surface area contributed by atoms with Crippen molar-refractivity contribution in [1.29, 1.82) is 0 Å². The van der Waals surface area contributed by atoms with E-state index in [0.717, 1.165) is 22.5 Å². The number of hydrogen-bond acceptors (Lipinski definition) is 6. The molecule has 5 rings (SSSR count). The van der Waals surface area contributed by atoms with Crippen molar-refractivity contribution in [2.75, 3.05) is 5.73 Å². The van der Waals surface area contributed by atoms with Crippen molar-refractivity contribution in [2.24, 2.45) is 17.3 Å². The summed E-state index contributed by atoms with van der Waals surface area (Å²) < 4.78 is 3.55. The largest absolute Gasteiger partial charge is 0.375 e. The third kappa shape index (κ3) is 3.95. The number of benzene rings is 3. The van der Waals surface area contributed by atoms with Gasteiger partial charge in [-0.3, -0.25) is 9.48 Å². The lowest BCUT2D eigenvalue weighted by atomic mass is 10.1. The van der Waals surface area contributed by atoms with Gasteiger partial charge in [0.25, 0.3) is 5.56 Å². The fraction of sp³-hybridized carbons (Fsp3) is 0.0769. The maximum absolute atomic E-state index is 13.3. The molecule has 168 valence electrons. The Morgan fingerprint density at radius 3 is 2.18 bits per heavy atom. The van der Waals surface area contributed by atoms with Gasteiger partial charge in [-0.05, 0) is 36.8 Å². The standard InChI is InChI=1S/C26H22N6OS/c1-17-22(25(33)32(31(17)2)21-11-7-4-8-12-21)18-13-15-20(16-14-18)29-30-24-23(28-26(27)34-24)19-9-5-3-6-10-19/h3-16H,1-2H3,(H2,27,28). The molecule has 5 aromatic rings. The van der Waals surface area contributed by atoms with Gasteiger partial charge in [0.1, 0.15) is 5.69 Å². The Bertz CT molecular complexity index is 1530. The number of aromatic nitrogens is 3. The summed E-state index contributed by atoms with van der Waals surface area (Å²) in [7, 11) is 1.89. The number of anilines is 1. The first-order chi connectivity index (χ1) is 16.5. The van der Waals surface area contributed by atoms with Crippen LogP contribution in [0.2, 0.25) is 0 Å². The monoisotopic (exact) mass is 466 g/mol. The Hall–Kier alpha value is -4.30. The van der Waals surface area contributed by atoms with Gasteiger partial charge in [-0.15, -0.1) is 10.2 Å². The Morgan fingerprint density at radius 1 is 0.853 bits per heavy atom. The smallest absolute Gasteiger partial charge is 0.279 e. The number of nitrogen functional groups attached to an aromatic ring is 1. The lowest BCUT2D eigenvalue weighted by molar-refractivity contribution is 0.630. The summed E-state index contributed by atoms with van der Waals surface area (Å²) in [6.45, 7) is 1.95. The van der Waals surface area contributed by atoms with Gasteiger partial charge in [-0.2, -0.15) is 0 Å². The average Bonchev–Trinajstić information content (AvgIpc) is 3.35. The van der Waals surface area contributed by atoms with E-state index in [1.54, 1.807) is 4.68 Å². The van der Waals surface area contributed by atoms with Gasteiger partial charge in [0, 0.05) is 18.3 Å². The number of thiazole rings is 1. The van der Waals surface area contributed by atoms with E-state index in [0.29, 0.717) is 27.1 Å². The third-order valence-electron chi connectivity index (χ3n) is 5.64. The summed E-state index contributed by atoms with van der Waals surface area (Å²) >= 11 is 1.29. The van der Waals surface area contributed by atoms with Crippen LogP contribution in [0.4, 0.5) is 15.8 Å². The summed E-state index contributed by atoms with van der Waals surface area (Å²) in [5.74, 6) is 0. The summed E-state index contributed by atoms with van der Waals surface area (Å²) in [6.07, 6.45) is 0. The molecule has 0 atom stereocenters. The highest BCUT2D eigenvalue weighted by atomic mass is 32.1. The third-order valence-corrected chi connectivity index (χ3v) is 6.41. The van der Waals surface area contributed by atoms with Crippen LogP contribution in [0.15, 0.2) is 100.0 Å². The van der Waals surface area contributed by atoms with Crippen molar-refractivity contribution in [3.8, 4) is 28.1 Å². The lowest BCUT2D eigenvalue weighted by Gasteiger charge is -2.07. The molecule has 8 heteroatoms. The van der Waals surface area contributed by atoms with Crippen molar-refractivity contribution in [3.05, 3.63) is 101 Å². The average molecular weight is 467 g/mol. The van der Waals surface area contributed by atoms with Gasteiger partial charge in [-0.25, -0.2) is 9.67 Å².